The third kappa shape index (κ3) is 2.79. The molecule has 4 rings (SSSR count). The number of fused-ring (bicyclic) bond motifs is 2. The van der Waals surface area contributed by atoms with E-state index in [9.17, 15) is 0 Å². The number of ether oxygens (including phenoxy) is 1. The lowest BCUT2D eigenvalue weighted by molar-refractivity contribution is 0.0138. The average molecular weight is 291 g/mol. The maximum absolute atomic E-state index is 6.27. The normalized spacial score (nSPS) is 45.6. The molecular formula is C19H33NO. The highest BCUT2D eigenvalue weighted by Gasteiger charge is 2.53. The SMILES string of the molecule is CCCNCC1(CC2CC3CCC2C3)CCOC1C1CC1. The zero-order chi connectivity index (χ0) is 14.3. The van der Waals surface area contributed by atoms with Crippen LogP contribution < -0.4 is 5.32 Å². The molecule has 5 unspecified atom stereocenters. The molecule has 3 aliphatic carbocycles. The highest BCUT2D eigenvalue weighted by atomic mass is 16.5. The fraction of sp³-hybridized carbons (Fsp3) is 1.00. The number of hydrogen-bond donors (Lipinski definition) is 1. The fourth-order valence-corrected chi connectivity index (χ4v) is 5.89. The number of nitrogens with one attached hydrogen (secondary N) is 1. The minimum atomic E-state index is 0.478. The van der Waals surface area contributed by atoms with Gasteiger partial charge >= 0.3 is 0 Å². The molecule has 1 N–H and O–H groups in total. The Balaban J connectivity index is 1.46. The number of hydrogen-bond acceptors (Lipinski definition) is 2. The summed E-state index contributed by atoms with van der Waals surface area (Å²) >= 11 is 0. The second-order valence-corrected chi connectivity index (χ2v) is 8.56. The van der Waals surface area contributed by atoms with Crippen molar-refractivity contribution in [2.24, 2.45) is 29.1 Å². The van der Waals surface area contributed by atoms with E-state index >= 15 is 0 Å². The molecule has 21 heavy (non-hydrogen) atoms. The van der Waals surface area contributed by atoms with Gasteiger partial charge in [-0.1, -0.05) is 13.3 Å². The van der Waals surface area contributed by atoms with Crippen molar-refractivity contribution in [3.05, 3.63) is 0 Å². The van der Waals surface area contributed by atoms with Crippen molar-refractivity contribution >= 4 is 0 Å². The first kappa shape index (κ1) is 14.5. The minimum absolute atomic E-state index is 0.478. The predicted molar refractivity (Wildman–Crippen MR) is 86.2 cm³/mol. The van der Waals surface area contributed by atoms with Gasteiger partial charge in [0.1, 0.15) is 0 Å². The molecular weight excluding hydrogens is 258 g/mol. The summed E-state index contributed by atoms with van der Waals surface area (Å²) in [5.41, 5.74) is 0.478. The molecule has 2 heteroatoms. The molecule has 4 fully saturated rings. The second-order valence-electron chi connectivity index (χ2n) is 8.56. The highest BCUT2D eigenvalue weighted by molar-refractivity contribution is 5.03. The smallest absolute Gasteiger partial charge is 0.0672 e. The fourth-order valence-electron chi connectivity index (χ4n) is 5.89. The quantitative estimate of drug-likeness (QED) is 0.716. The van der Waals surface area contributed by atoms with Crippen LogP contribution in [0.3, 0.4) is 0 Å². The molecule has 0 radical (unpaired) electrons. The molecule has 1 aliphatic heterocycles. The Morgan fingerprint density at radius 1 is 1.10 bits per heavy atom. The van der Waals surface area contributed by atoms with Crippen molar-refractivity contribution in [1.29, 1.82) is 0 Å². The van der Waals surface area contributed by atoms with E-state index in [2.05, 4.69) is 12.2 Å². The Kier molecular flexibility index (Phi) is 4.04. The van der Waals surface area contributed by atoms with Gasteiger partial charge in [0.25, 0.3) is 0 Å². The molecule has 2 nitrogen and oxygen atoms in total. The maximum atomic E-state index is 6.27. The second kappa shape index (κ2) is 5.85. The Bertz CT molecular complexity index is 367. The first-order valence-electron chi connectivity index (χ1n) is 9.63. The minimum Gasteiger partial charge on any atom is -0.377 e. The molecule has 0 aromatic carbocycles. The van der Waals surface area contributed by atoms with Crippen LogP contribution in [0.2, 0.25) is 0 Å². The summed E-state index contributed by atoms with van der Waals surface area (Å²) in [6.07, 6.45) is 13.6. The van der Waals surface area contributed by atoms with E-state index in [1.165, 1.54) is 64.5 Å². The van der Waals surface area contributed by atoms with Crippen molar-refractivity contribution in [2.75, 3.05) is 19.7 Å². The molecule has 0 aromatic heterocycles. The van der Waals surface area contributed by atoms with Gasteiger partial charge in [0.05, 0.1) is 6.10 Å². The Labute approximate surface area is 130 Å². The molecule has 1 saturated heterocycles. The van der Waals surface area contributed by atoms with Gasteiger partial charge in [-0.05, 0) is 81.6 Å². The van der Waals surface area contributed by atoms with Crippen LogP contribution in [0.1, 0.15) is 64.7 Å². The van der Waals surface area contributed by atoms with Crippen LogP contribution in [-0.4, -0.2) is 25.8 Å². The van der Waals surface area contributed by atoms with E-state index in [4.69, 9.17) is 4.74 Å². The van der Waals surface area contributed by atoms with Crippen LogP contribution in [-0.2, 0) is 4.74 Å². The zero-order valence-corrected chi connectivity index (χ0v) is 13.8. The van der Waals surface area contributed by atoms with E-state index in [1.807, 2.05) is 0 Å². The van der Waals surface area contributed by atoms with Gasteiger partial charge in [0.15, 0.2) is 0 Å². The van der Waals surface area contributed by atoms with Crippen molar-refractivity contribution in [2.45, 2.75) is 70.8 Å². The molecule has 0 amide bonds. The van der Waals surface area contributed by atoms with Gasteiger partial charge in [0.2, 0.25) is 0 Å². The third-order valence-electron chi connectivity index (χ3n) is 7.01. The molecule has 1 heterocycles. The van der Waals surface area contributed by atoms with E-state index in [0.29, 0.717) is 11.5 Å². The molecule has 4 aliphatic rings. The van der Waals surface area contributed by atoms with Gasteiger partial charge in [-0.3, -0.25) is 0 Å². The van der Waals surface area contributed by atoms with Crippen molar-refractivity contribution in [3.63, 3.8) is 0 Å². The Hall–Kier alpha value is -0.0800. The summed E-state index contributed by atoms with van der Waals surface area (Å²) in [6.45, 7) is 5.70. The monoisotopic (exact) mass is 291 g/mol. The average Bonchev–Trinajstić information content (AvgIpc) is 2.93. The highest BCUT2D eigenvalue weighted by Crippen LogP contribution is 2.56. The van der Waals surface area contributed by atoms with E-state index in [1.54, 1.807) is 6.42 Å². The van der Waals surface area contributed by atoms with E-state index < -0.39 is 0 Å². The first-order chi connectivity index (χ1) is 10.3. The first-order valence-corrected chi connectivity index (χ1v) is 9.63. The van der Waals surface area contributed by atoms with Crippen LogP contribution in [0.25, 0.3) is 0 Å². The van der Waals surface area contributed by atoms with Crippen LogP contribution in [0, 0.1) is 29.1 Å². The molecule has 5 atom stereocenters. The number of rotatable bonds is 7. The lowest BCUT2D eigenvalue weighted by Crippen LogP contribution is -2.44. The lowest BCUT2D eigenvalue weighted by atomic mass is 9.69. The molecule has 3 saturated carbocycles. The van der Waals surface area contributed by atoms with Crippen molar-refractivity contribution in [1.82, 2.24) is 5.32 Å². The summed E-state index contributed by atoms with van der Waals surface area (Å²) in [4.78, 5) is 0. The van der Waals surface area contributed by atoms with Crippen LogP contribution in [0.4, 0.5) is 0 Å². The van der Waals surface area contributed by atoms with Gasteiger partial charge in [-0.2, -0.15) is 0 Å². The topological polar surface area (TPSA) is 21.3 Å². The maximum Gasteiger partial charge on any atom is 0.0672 e. The summed E-state index contributed by atoms with van der Waals surface area (Å²) in [5, 5.41) is 3.77. The molecule has 0 aromatic rings. The summed E-state index contributed by atoms with van der Waals surface area (Å²) < 4.78 is 6.27. The van der Waals surface area contributed by atoms with Gasteiger partial charge in [0, 0.05) is 18.6 Å². The Morgan fingerprint density at radius 2 is 1.95 bits per heavy atom. The summed E-state index contributed by atoms with van der Waals surface area (Å²) in [5.74, 6) is 4.07. The predicted octanol–water partition coefficient (Wildman–Crippen LogP) is 4.00. The standard InChI is InChI=1S/C19H33NO/c1-2-8-20-13-19(7-9-21-18(19)15-5-6-15)12-17-11-14-3-4-16(17)10-14/h14-18,20H,2-13H2,1H3. The van der Waals surface area contributed by atoms with E-state index in [-0.39, 0.29) is 0 Å². The van der Waals surface area contributed by atoms with Crippen LogP contribution in [0.5, 0.6) is 0 Å². The largest absolute Gasteiger partial charge is 0.377 e. The zero-order valence-electron chi connectivity index (χ0n) is 13.8. The molecule has 0 spiro atoms. The molecule has 120 valence electrons. The van der Waals surface area contributed by atoms with E-state index in [0.717, 1.165) is 30.3 Å². The van der Waals surface area contributed by atoms with Gasteiger partial charge in [-0.15, -0.1) is 0 Å². The summed E-state index contributed by atoms with van der Waals surface area (Å²) in [6, 6.07) is 0. The van der Waals surface area contributed by atoms with Crippen molar-refractivity contribution < 1.29 is 4.74 Å². The van der Waals surface area contributed by atoms with Crippen LogP contribution >= 0.6 is 0 Å². The Morgan fingerprint density at radius 3 is 2.62 bits per heavy atom. The van der Waals surface area contributed by atoms with Gasteiger partial charge < -0.3 is 10.1 Å². The lowest BCUT2D eigenvalue weighted by Gasteiger charge is -2.39. The third-order valence-corrected chi connectivity index (χ3v) is 7.01. The van der Waals surface area contributed by atoms with Gasteiger partial charge in [-0.25, -0.2) is 0 Å². The van der Waals surface area contributed by atoms with Crippen molar-refractivity contribution in [3.8, 4) is 0 Å². The molecule has 2 bridgehead atoms. The summed E-state index contributed by atoms with van der Waals surface area (Å²) in [7, 11) is 0. The van der Waals surface area contributed by atoms with Crippen LogP contribution in [0.15, 0.2) is 0 Å².